The number of aryl methyl sites for hydroxylation is 1. The largest absolute Gasteiger partial charge is 0.380 e. The minimum atomic E-state index is 0.0647. The van der Waals surface area contributed by atoms with Crippen LogP contribution >= 0.6 is 11.8 Å². The van der Waals surface area contributed by atoms with Crippen molar-refractivity contribution in [2.24, 2.45) is 0 Å². The first-order valence-corrected chi connectivity index (χ1v) is 8.80. The van der Waals surface area contributed by atoms with E-state index in [1.54, 1.807) is 18.9 Å². The molecular weight excluding hydrogens is 306 g/mol. The number of rotatable bonds is 8. The van der Waals surface area contributed by atoms with E-state index >= 15 is 0 Å². The lowest BCUT2D eigenvalue weighted by molar-refractivity contribution is -0.118. The number of carbonyl (C=O) groups excluding carboxylic acids is 1. The average Bonchev–Trinajstić information content (AvgIpc) is 2.54. The quantitative estimate of drug-likeness (QED) is 0.803. The van der Waals surface area contributed by atoms with E-state index in [1.807, 2.05) is 24.3 Å². The Morgan fingerprint density at radius 1 is 1.13 bits per heavy atom. The van der Waals surface area contributed by atoms with Gasteiger partial charge in [0.25, 0.3) is 0 Å². The molecule has 122 valence electrons. The monoisotopic (exact) mass is 329 g/mol. The van der Waals surface area contributed by atoms with E-state index in [-0.39, 0.29) is 5.91 Å². The fourth-order valence-electron chi connectivity index (χ4n) is 2.33. The van der Waals surface area contributed by atoms with E-state index in [2.05, 4.69) is 36.5 Å². The molecule has 2 aromatic rings. The molecule has 0 aliphatic rings. The van der Waals surface area contributed by atoms with Crippen LogP contribution in [0.25, 0.3) is 0 Å². The van der Waals surface area contributed by atoms with Crippen molar-refractivity contribution in [2.75, 3.05) is 12.9 Å². The number of thioether (sulfide) groups is 1. The average molecular weight is 329 g/mol. The van der Waals surface area contributed by atoms with Crippen molar-refractivity contribution >= 4 is 17.7 Å². The van der Waals surface area contributed by atoms with Crippen LogP contribution in [0, 0.1) is 6.92 Å². The topological polar surface area (TPSA) is 38.3 Å². The smallest absolute Gasteiger partial charge is 0.230 e. The summed E-state index contributed by atoms with van der Waals surface area (Å²) in [5.41, 5.74) is 4.73. The van der Waals surface area contributed by atoms with Crippen molar-refractivity contribution in [1.29, 1.82) is 0 Å². The van der Waals surface area contributed by atoms with Gasteiger partial charge >= 0.3 is 0 Å². The molecule has 0 saturated carbocycles. The van der Waals surface area contributed by atoms with Gasteiger partial charge < -0.3 is 10.1 Å². The lowest BCUT2D eigenvalue weighted by Gasteiger charge is -2.10. The van der Waals surface area contributed by atoms with Crippen LogP contribution in [0.3, 0.4) is 0 Å². The summed E-state index contributed by atoms with van der Waals surface area (Å²) in [6, 6.07) is 16.4. The van der Waals surface area contributed by atoms with Crippen LogP contribution in [-0.4, -0.2) is 18.8 Å². The number of ether oxygens (including phenoxy) is 1. The molecule has 2 aromatic carbocycles. The van der Waals surface area contributed by atoms with Crippen LogP contribution in [-0.2, 0) is 28.4 Å². The van der Waals surface area contributed by atoms with Gasteiger partial charge in [0.1, 0.15) is 0 Å². The Kier molecular flexibility index (Phi) is 7.17. The van der Waals surface area contributed by atoms with E-state index in [4.69, 9.17) is 4.74 Å². The molecule has 0 atom stereocenters. The molecule has 0 radical (unpaired) electrons. The lowest BCUT2D eigenvalue weighted by Crippen LogP contribution is -2.25. The minimum Gasteiger partial charge on any atom is -0.380 e. The van der Waals surface area contributed by atoms with Crippen LogP contribution in [0.5, 0.6) is 0 Å². The minimum absolute atomic E-state index is 0.0647. The number of methoxy groups -OCH3 is 1. The maximum atomic E-state index is 12.0. The summed E-state index contributed by atoms with van der Waals surface area (Å²) >= 11 is 1.64. The maximum Gasteiger partial charge on any atom is 0.230 e. The molecular formula is C19H23NO2S. The highest BCUT2D eigenvalue weighted by Crippen LogP contribution is 2.14. The summed E-state index contributed by atoms with van der Waals surface area (Å²) in [5.74, 6) is 1.39. The van der Waals surface area contributed by atoms with E-state index in [0.717, 1.165) is 16.9 Å². The molecule has 0 aliphatic heterocycles. The van der Waals surface area contributed by atoms with Gasteiger partial charge in [0, 0.05) is 19.4 Å². The van der Waals surface area contributed by atoms with E-state index in [1.165, 1.54) is 11.1 Å². The number of hydrogen-bond donors (Lipinski definition) is 1. The summed E-state index contributed by atoms with van der Waals surface area (Å²) < 4.78 is 5.18. The van der Waals surface area contributed by atoms with E-state index in [9.17, 15) is 4.79 Å². The molecule has 1 amide bonds. The summed E-state index contributed by atoms with van der Waals surface area (Å²) in [4.78, 5) is 12.0. The molecule has 0 spiro atoms. The van der Waals surface area contributed by atoms with Crippen molar-refractivity contribution in [3.63, 3.8) is 0 Å². The summed E-state index contributed by atoms with van der Waals surface area (Å²) in [7, 11) is 1.68. The second-order valence-corrected chi connectivity index (χ2v) is 6.45. The predicted octanol–water partition coefficient (Wildman–Crippen LogP) is 3.69. The first kappa shape index (κ1) is 17.6. The molecule has 0 fully saturated rings. The molecule has 3 nitrogen and oxygen atoms in total. The third-order valence-corrected chi connectivity index (χ3v) is 4.48. The second-order valence-electron chi connectivity index (χ2n) is 5.46. The molecule has 0 saturated heterocycles. The van der Waals surface area contributed by atoms with Gasteiger partial charge in [-0.3, -0.25) is 4.79 Å². The Morgan fingerprint density at radius 3 is 2.65 bits per heavy atom. The molecule has 2 rings (SSSR count). The van der Waals surface area contributed by atoms with Gasteiger partial charge in [0.05, 0.1) is 12.4 Å². The zero-order chi connectivity index (χ0) is 16.5. The van der Waals surface area contributed by atoms with Crippen LogP contribution < -0.4 is 5.32 Å². The highest BCUT2D eigenvalue weighted by atomic mass is 32.2. The number of amides is 1. The molecule has 0 bridgehead atoms. The number of benzene rings is 2. The zero-order valence-corrected chi connectivity index (χ0v) is 14.5. The summed E-state index contributed by atoms with van der Waals surface area (Å²) in [6.07, 6.45) is 0. The van der Waals surface area contributed by atoms with Crippen LogP contribution in [0.4, 0.5) is 0 Å². The van der Waals surface area contributed by atoms with Crippen molar-refractivity contribution in [2.45, 2.75) is 25.8 Å². The van der Waals surface area contributed by atoms with Gasteiger partial charge in [-0.1, -0.05) is 54.1 Å². The fraction of sp³-hybridized carbons (Fsp3) is 0.316. The van der Waals surface area contributed by atoms with Crippen molar-refractivity contribution < 1.29 is 9.53 Å². The highest BCUT2D eigenvalue weighted by molar-refractivity contribution is 7.99. The first-order chi connectivity index (χ1) is 11.2. The Bertz CT molecular complexity index is 643. The van der Waals surface area contributed by atoms with Gasteiger partial charge in [-0.25, -0.2) is 0 Å². The molecule has 1 N–H and O–H groups in total. The van der Waals surface area contributed by atoms with Gasteiger partial charge in [0.15, 0.2) is 0 Å². The Hall–Kier alpha value is -1.78. The van der Waals surface area contributed by atoms with Crippen LogP contribution in [0.1, 0.15) is 22.3 Å². The van der Waals surface area contributed by atoms with Crippen molar-refractivity contribution in [1.82, 2.24) is 5.32 Å². The number of carbonyl (C=O) groups is 1. The SMILES string of the molecule is COCc1ccccc1CNC(=O)CSCc1cccc(C)c1. The second kappa shape index (κ2) is 9.38. The van der Waals surface area contributed by atoms with E-state index in [0.29, 0.717) is 18.9 Å². The molecule has 4 heteroatoms. The fourth-order valence-corrected chi connectivity index (χ4v) is 3.14. The Morgan fingerprint density at radius 2 is 1.91 bits per heavy atom. The standard InChI is InChI=1S/C19H23NO2S/c1-15-6-5-7-16(10-15)13-23-14-19(21)20-11-17-8-3-4-9-18(17)12-22-2/h3-10H,11-14H2,1-2H3,(H,20,21). The molecule has 0 unspecified atom stereocenters. The Balaban J connectivity index is 1.75. The molecule has 0 aliphatic carbocycles. The highest BCUT2D eigenvalue weighted by Gasteiger charge is 2.05. The predicted molar refractivity (Wildman–Crippen MR) is 96.3 cm³/mol. The van der Waals surface area contributed by atoms with Crippen molar-refractivity contribution in [3.8, 4) is 0 Å². The molecule has 0 aromatic heterocycles. The Labute approximate surface area is 142 Å². The third kappa shape index (κ3) is 6.08. The number of hydrogen-bond acceptors (Lipinski definition) is 3. The van der Waals surface area contributed by atoms with E-state index < -0.39 is 0 Å². The van der Waals surface area contributed by atoms with Gasteiger partial charge in [-0.05, 0) is 23.6 Å². The summed E-state index contributed by atoms with van der Waals surface area (Å²) in [5, 5.41) is 2.98. The normalized spacial score (nSPS) is 10.5. The molecule has 0 heterocycles. The van der Waals surface area contributed by atoms with Gasteiger partial charge in [-0.2, -0.15) is 0 Å². The zero-order valence-electron chi connectivity index (χ0n) is 13.7. The molecule has 23 heavy (non-hydrogen) atoms. The first-order valence-electron chi connectivity index (χ1n) is 7.64. The third-order valence-electron chi connectivity index (χ3n) is 3.48. The van der Waals surface area contributed by atoms with Gasteiger partial charge in [-0.15, -0.1) is 11.8 Å². The maximum absolute atomic E-state index is 12.0. The van der Waals surface area contributed by atoms with Crippen molar-refractivity contribution in [3.05, 3.63) is 70.8 Å². The van der Waals surface area contributed by atoms with Crippen LogP contribution in [0.15, 0.2) is 48.5 Å². The lowest BCUT2D eigenvalue weighted by atomic mass is 10.1. The number of nitrogens with one attached hydrogen (secondary N) is 1. The van der Waals surface area contributed by atoms with Gasteiger partial charge in [0.2, 0.25) is 5.91 Å². The summed E-state index contributed by atoms with van der Waals surface area (Å²) in [6.45, 7) is 3.19. The van der Waals surface area contributed by atoms with Crippen LogP contribution in [0.2, 0.25) is 0 Å².